The third-order valence-corrected chi connectivity index (χ3v) is 7.03. The molecule has 0 aliphatic rings. The van der Waals surface area contributed by atoms with Gasteiger partial charge in [0.1, 0.15) is 5.69 Å². The van der Waals surface area contributed by atoms with Gasteiger partial charge < -0.3 is 20.5 Å². The number of fused-ring (bicyclic) bond motifs is 1. The average molecular weight is 578 g/mol. The van der Waals surface area contributed by atoms with Gasteiger partial charge >= 0.3 is 5.97 Å². The second-order valence-corrected chi connectivity index (χ2v) is 10.2. The van der Waals surface area contributed by atoms with Crippen molar-refractivity contribution in [2.45, 2.75) is 39.7 Å². The number of carboxylic acids is 1. The molecule has 0 atom stereocenters. The molecule has 0 unspecified atom stereocenters. The number of carbonyl (C=O) groups is 3. The number of carboxylic acid groups (broad SMARTS) is 1. The third-order valence-electron chi connectivity index (χ3n) is 7.03. The van der Waals surface area contributed by atoms with E-state index >= 15 is 0 Å². The number of H-pyrrole nitrogens is 1. The molecule has 2 aromatic heterocycles. The fourth-order valence-corrected chi connectivity index (χ4v) is 4.88. The van der Waals surface area contributed by atoms with Gasteiger partial charge in [0.15, 0.2) is 11.7 Å². The van der Waals surface area contributed by atoms with Gasteiger partial charge in [-0.2, -0.15) is 5.10 Å². The fourth-order valence-electron chi connectivity index (χ4n) is 4.88. The van der Waals surface area contributed by atoms with Crippen molar-refractivity contribution in [2.75, 3.05) is 5.32 Å². The van der Waals surface area contributed by atoms with Crippen LogP contribution in [0.3, 0.4) is 0 Å². The van der Waals surface area contributed by atoms with Crippen molar-refractivity contribution in [3.63, 3.8) is 0 Å². The Morgan fingerprint density at radius 2 is 1.79 bits per heavy atom. The number of anilines is 1. The Balaban J connectivity index is 1.30. The molecule has 0 fully saturated rings. The van der Waals surface area contributed by atoms with Gasteiger partial charge in [-0.1, -0.05) is 36.4 Å². The summed E-state index contributed by atoms with van der Waals surface area (Å²) in [5.74, 6) is -1.42. The number of hydrogen-bond acceptors (Lipinski definition) is 6. The van der Waals surface area contributed by atoms with Crippen LogP contribution in [0.1, 0.15) is 63.0 Å². The minimum atomic E-state index is -0.807. The lowest BCUT2D eigenvalue weighted by atomic mass is 10.0. The first kappa shape index (κ1) is 29.0. The minimum Gasteiger partial charge on any atom is -0.494 e. The summed E-state index contributed by atoms with van der Waals surface area (Å²) < 4.78 is 1.63. The van der Waals surface area contributed by atoms with E-state index in [0.29, 0.717) is 64.0 Å². The summed E-state index contributed by atoms with van der Waals surface area (Å²) >= 11 is 0. The first-order chi connectivity index (χ1) is 20.7. The standard InChI is InChI=1S/C33H31N5O5/c1-3-38-29(16-20(2)37-38)33(43)35-25-8-5-7-22(17-25)31(41)23-12-15-26-27(32(42)36-28(26)18-23)19-34-24-13-10-21(11-14-24)6-4-9-30(39)40/h5,7-8,10-19,36,42H,3-4,6,9H2,1-2H3,(H,35,43)(H,39,40). The van der Waals surface area contributed by atoms with E-state index in [1.54, 1.807) is 59.4 Å². The molecular weight excluding hydrogens is 546 g/mol. The molecule has 0 spiro atoms. The van der Waals surface area contributed by atoms with Gasteiger partial charge in [-0.3, -0.25) is 24.1 Å². The quantitative estimate of drug-likeness (QED) is 0.111. The zero-order chi connectivity index (χ0) is 30.5. The number of aliphatic carboxylic acids is 1. The maximum atomic E-state index is 13.4. The molecular formula is C33H31N5O5. The zero-order valence-electron chi connectivity index (χ0n) is 23.8. The number of aromatic nitrogens is 3. The molecule has 2 heterocycles. The van der Waals surface area contributed by atoms with Crippen LogP contribution in [-0.4, -0.2) is 48.9 Å². The van der Waals surface area contributed by atoms with E-state index in [1.165, 1.54) is 0 Å². The molecule has 1 amide bonds. The Morgan fingerprint density at radius 3 is 2.53 bits per heavy atom. The smallest absolute Gasteiger partial charge is 0.303 e. The van der Waals surface area contributed by atoms with E-state index in [0.717, 1.165) is 11.3 Å². The molecule has 0 saturated heterocycles. The van der Waals surface area contributed by atoms with Crippen molar-refractivity contribution >= 4 is 46.2 Å². The number of nitrogens with zero attached hydrogens (tertiary/aromatic N) is 3. The summed E-state index contributed by atoms with van der Waals surface area (Å²) in [6.45, 7) is 4.30. The van der Waals surface area contributed by atoms with Gasteiger partial charge in [-0.05, 0) is 68.7 Å². The lowest BCUT2D eigenvalue weighted by Crippen LogP contribution is -2.17. The lowest BCUT2D eigenvalue weighted by molar-refractivity contribution is -0.137. The maximum Gasteiger partial charge on any atom is 0.303 e. The Bertz CT molecular complexity index is 1850. The Hall–Kier alpha value is -5.51. The van der Waals surface area contributed by atoms with Crippen LogP contribution in [0.2, 0.25) is 0 Å². The van der Waals surface area contributed by atoms with E-state index in [-0.39, 0.29) is 24.0 Å². The van der Waals surface area contributed by atoms with Crippen molar-refractivity contribution in [3.8, 4) is 5.88 Å². The molecule has 5 rings (SSSR count). The van der Waals surface area contributed by atoms with E-state index in [1.807, 2.05) is 38.1 Å². The number of hydrogen-bond donors (Lipinski definition) is 4. The lowest BCUT2D eigenvalue weighted by Gasteiger charge is -2.08. The van der Waals surface area contributed by atoms with Crippen LogP contribution >= 0.6 is 0 Å². The highest BCUT2D eigenvalue weighted by Gasteiger charge is 2.17. The normalized spacial score (nSPS) is 11.3. The molecule has 0 radical (unpaired) electrons. The number of aromatic hydroxyl groups is 1. The monoisotopic (exact) mass is 577 g/mol. The van der Waals surface area contributed by atoms with Crippen LogP contribution in [0.15, 0.2) is 77.8 Å². The van der Waals surface area contributed by atoms with Crippen molar-refractivity contribution in [3.05, 3.63) is 106 Å². The summed E-state index contributed by atoms with van der Waals surface area (Å²) in [4.78, 5) is 44.3. The largest absolute Gasteiger partial charge is 0.494 e. The molecule has 5 aromatic rings. The van der Waals surface area contributed by atoms with Crippen LogP contribution in [0.4, 0.5) is 11.4 Å². The fraction of sp³-hybridized carbons (Fsp3) is 0.182. The highest BCUT2D eigenvalue weighted by Crippen LogP contribution is 2.28. The second-order valence-electron chi connectivity index (χ2n) is 10.2. The Labute approximate surface area is 247 Å². The molecule has 10 nitrogen and oxygen atoms in total. The maximum absolute atomic E-state index is 13.4. The second kappa shape index (κ2) is 12.6. The number of aryl methyl sites for hydroxylation is 3. The minimum absolute atomic E-state index is 0.0695. The molecule has 218 valence electrons. The number of benzene rings is 3. The summed E-state index contributed by atoms with van der Waals surface area (Å²) in [6, 6.07) is 21.1. The highest BCUT2D eigenvalue weighted by molar-refractivity contribution is 6.13. The molecule has 0 bridgehead atoms. The van der Waals surface area contributed by atoms with Gasteiger partial charge in [-0.25, -0.2) is 0 Å². The molecule has 0 aliphatic carbocycles. The van der Waals surface area contributed by atoms with Crippen molar-refractivity contribution < 1.29 is 24.6 Å². The van der Waals surface area contributed by atoms with Crippen molar-refractivity contribution in [2.24, 2.45) is 4.99 Å². The summed E-state index contributed by atoms with van der Waals surface area (Å²) in [5.41, 5.74) is 5.28. The number of amides is 1. The Morgan fingerprint density at radius 1 is 1.02 bits per heavy atom. The number of rotatable bonds is 11. The molecule has 4 N–H and O–H groups in total. The Kier molecular flexibility index (Phi) is 8.47. The van der Waals surface area contributed by atoms with Crippen molar-refractivity contribution in [1.82, 2.24) is 14.8 Å². The summed E-state index contributed by atoms with van der Waals surface area (Å²) in [5, 5.41) is 27.2. The molecule has 43 heavy (non-hydrogen) atoms. The van der Waals surface area contributed by atoms with Gasteiger partial charge in [0.05, 0.1) is 16.9 Å². The number of ketones is 1. The highest BCUT2D eigenvalue weighted by atomic mass is 16.4. The van der Waals surface area contributed by atoms with Gasteiger partial charge in [0, 0.05) is 46.9 Å². The number of aliphatic imine (C=N–C) groups is 1. The predicted molar refractivity (Wildman–Crippen MR) is 165 cm³/mol. The van der Waals surface area contributed by atoms with Gasteiger partial charge in [0.25, 0.3) is 5.91 Å². The van der Waals surface area contributed by atoms with E-state index < -0.39 is 5.97 Å². The zero-order valence-corrected chi connectivity index (χ0v) is 23.8. The molecule has 10 heteroatoms. The molecule has 0 aliphatic heterocycles. The van der Waals surface area contributed by atoms with Crippen LogP contribution in [0, 0.1) is 6.92 Å². The van der Waals surface area contributed by atoms with Crippen molar-refractivity contribution in [1.29, 1.82) is 0 Å². The van der Waals surface area contributed by atoms with Gasteiger partial charge in [0.2, 0.25) is 0 Å². The van der Waals surface area contributed by atoms with Crippen LogP contribution in [0.5, 0.6) is 5.88 Å². The van der Waals surface area contributed by atoms with E-state index in [2.05, 4.69) is 20.4 Å². The summed E-state index contributed by atoms with van der Waals surface area (Å²) in [6.07, 6.45) is 2.93. The van der Waals surface area contributed by atoms with Crippen LogP contribution in [0.25, 0.3) is 10.9 Å². The van der Waals surface area contributed by atoms with E-state index in [4.69, 9.17) is 5.11 Å². The number of carbonyl (C=O) groups excluding carboxylic acids is 2. The topological polar surface area (TPSA) is 150 Å². The average Bonchev–Trinajstić information content (AvgIpc) is 3.54. The number of aromatic amines is 1. The van der Waals surface area contributed by atoms with Crippen LogP contribution < -0.4 is 5.32 Å². The number of nitrogens with one attached hydrogen (secondary N) is 2. The SMILES string of the molecule is CCn1nc(C)cc1C(=O)Nc1cccc(C(=O)c2ccc3c(C=Nc4ccc(CCCC(=O)O)cc4)c(O)[nH]c3c2)c1. The van der Waals surface area contributed by atoms with Crippen LogP contribution in [-0.2, 0) is 17.8 Å². The van der Waals surface area contributed by atoms with Gasteiger partial charge in [-0.15, -0.1) is 0 Å². The van der Waals surface area contributed by atoms with E-state index in [9.17, 15) is 19.5 Å². The summed E-state index contributed by atoms with van der Waals surface area (Å²) in [7, 11) is 0. The molecule has 0 saturated carbocycles. The first-order valence-corrected chi connectivity index (χ1v) is 13.9. The predicted octanol–water partition coefficient (Wildman–Crippen LogP) is 6.04. The third kappa shape index (κ3) is 6.70. The first-order valence-electron chi connectivity index (χ1n) is 13.9. The molecule has 3 aromatic carbocycles.